The minimum atomic E-state index is 0.488. The Bertz CT molecular complexity index is 225. The standard InChI is InChI=1S/C16H32N2/c1-18(2)16(11-8-12-16)14-17-13-15-9-6-4-3-5-7-10-15/h15,17H,3-14H2,1-2H3. The Morgan fingerprint density at radius 2 is 1.56 bits per heavy atom. The summed E-state index contributed by atoms with van der Waals surface area (Å²) < 4.78 is 0. The SMILES string of the molecule is CN(C)C1(CNCC2CCCCCCC2)CCC1. The van der Waals surface area contributed by atoms with E-state index in [4.69, 9.17) is 0 Å². The fourth-order valence-electron chi connectivity index (χ4n) is 3.62. The molecule has 2 aliphatic rings. The van der Waals surface area contributed by atoms with Gasteiger partial charge >= 0.3 is 0 Å². The van der Waals surface area contributed by atoms with Gasteiger partial charge in [0.05, 0.1) is 0 Å². The van der Waals surface area contributed by atoms with Crippen LogP contribution in [0.2, 0.25) is 0 Å². The normalized spacial score (nSPS) is 25.5. The highest BCUT2D eigenvalue weighted by Crippen LogP contribution is 2.35. The summed E-state index contributed by atoms with van der Waals surface area (Å²) in [7, 11) is 4.49. The van der Waals surface area contributed by atoms with Gasteiger partial charge in [-0.2, -0.15) is 0 Å². The van der Waals surface area contributed by atoms with Crippen molar-refractivity contribution in [1.29, 1.82) is 0 Å². The van der Waals surface area contributed by atoms with Gasteiger partial charge in [0.1, 0.15) is 0 Å². The molecule has 2 saturated carbocycles. The van der Waals surface area contributed by atoms with E-state index in [1.165, 1.54) is 77.3 Å². The van der Waals surface area contributed by atoms with Crippen LogP contribution in [0.5, 0.6) is 0 Å². The Kier molecular flexibility index (Phi) is 5.50. The topological polar surface area (TPSA) is 15.3 Å². The van der Waals surface area contributed by atoms with Crippen molar-refractivity contribution in [3.05, 3.63) is 0 Å². The highest BCUT2D eigenvalue weighted by atomic mass is 15.2. The van der Waals surface area contributed by atoms with Crippen LogP contribution in [-0.2, 0) is 0 Å². The highest BCUT2D eigenvalue weighted by molar-refractivity contribution is 4.97. The first-order chi connectivity index (χ1) is 8.73. The number of hydrogen-bond donors (Lipinski definition) is 1. The molecule has 2 aliphatic carbocycles. The smallest absolute Gasteiger partial charge is 0.0327 e. The van der Waals surface area contributed by atoms with Gasteiger partial charge in [-0.05, 0) is 58.7 Å². The first-order valence-corrected chi connectivity index (χ1v) is 8.11. The van der Waals surface area contributed by atoms with E-state index in [1.807, 2.05) is 0 Å². The maximum absolute atomic E-state index is 3.79. The molecule has 1 N–H and O–H groups in total. The summed E-state index contributed by atoms with van der Waals surface area (Å²) in [5.41, 5.74) is 0.488. The fourth-order valence-corrected chi connectivity index (χ4v) is 3.62. The van der Waals surface area contributed by atoms with E-state index >= 15 is 0 Å². The molecule has 0 spiro atoms. The van der Waals surface area contributed by atoms with Gasteiger partial charge < -0.3 is 10.2 Å². The molecule has 0 aromatic carbocycles. The van der Waals surface area contributed by atoms with Gasteiger partial charge in [-0.15, -0.1) is 0 Å². The van der Waals surface area contributed by atoms with E-state index in [-0.39, 0.29) is 0 Å². The molecule has 2 heteroatoms. The summed E-state index contributed by atoms with van der Waals surface area (Å²) >= 11 is 0. The Balaban J connectivity index is 1.67. The van der Waals surface area contributed by atoms with Gasteiger partial charge in [-0.3, -0.25) is 0 Å². The zero-order chi connectivity index (χ0) is 12.8. The molecule has 106 valence electrons. The largest absolute Gasteiger partial charge is 0.315 e. The third-order valence-corrected chi connectivity index (χ3v) is 5.34. The Morgan fingerprint density at radius 1 is 0.944 bits per heavy atom. The van der Waals surface area contributed by atoms with Crippen molar-refractivity contribution >= 4 is 0 Å². The van der Waals surface area contributed by atoms with Gasteiger partial charge in [-0.25, -0.2) is 0 Å². The van der Waals surface area contributed by atoms with Crippen molar-refractivity contribution in [2.24, 2.45) is 5.92 Å². The molecule has 0 aliphatic heterocycles. The molecule has 0 atom stereocenters. The molecule has 2 nitrogen and oxygen atoms in total. The third kappa shape index (κ3) is 3.71. The molecule has 0 radical (unpaired) electrons. The predicted molar refractivity (Wildman–Crippen MR) is 78.9 cm³/mol. The molecule has 2 rings (SSSR count). The minimum absolute atomic E-state index is 0.488. The van der Waals surface area contributed by atoms with Crippen LogP contribution in [-0.4, -0.2) is 37.6 Å². The van der Waals surface area contributed by atoms with Crippen molar-refractivity contribution in [2.45, 2.75) is 69.7 Å². The van der Waals surface area contributed by atoms with Gasteiger partial charge in [0, 0.05) is 12.1 Å². The third-order valence-electron chi connectivity index (χ3n) is 5.34. The fraction of sp³-hybridized carbons (Fsp3) is 1.00. The second kappa shape index (κ2) is 6.91. The lowest BCUT2D eigenvalue weighted by atomic mass is 9.75. The molecular formula is C16H32N2. The number of nitrogens with zero attached hydrogens (tertiary/aromatic N) is 1. The summed E-state index contributed by atoms with van der Waals surface area (Å²) in [5, 5.41) is 3.79. The van der Waals surface area contributed by atoms with Crippen LogP contribution in [0.15, 0.2) is 0 Å². The average Bonchev–Trinajstić information content (AvgIpc) is 2.23. The van der Waals surface area contributed by atoms with Gasteiger partial charge in [0.2, 0.25) is 0 Å². The number of rotatable bonds is 5. The predicted octanol–water partition coefficient (Wildman–Crippen LogP) is 3.42. The van der Waals surface area contributed by atoms with Crippen LogP contribution in [0.1, 0.15) is 64.2 Å². The van der Waals surface area contributed by atoms with Gasteiger partial charge in [0.15, 0.2) is 0 Å². The van der Waals surface area contributed by atoms with Crippen LogP contribution in [0.3, 0.4) is 0 Å². The van der Waals surface area contributed by atoms with E-state index in [9.17, 15) is 0 Å². The van der Waals surface area contributed by atoms with Crippen molar-refractivity contribution in [2.75, 3.05) is 27.2 Å². The minimum Gasteiger partial charge on any atom is -0.315 e. The first kappa shape index (κ1) is 14.3. The zero-order valence-electron chi connectivity index (χ0n) is 12.5. The van der Waals surface area contributed by atoms with E-state index in [0.717, 1.165) is 5.92 Å². The lowest BCUT2D eigenvalue weighted by molar-refractivity contribution is 0.0588. The molecule has 0 aromatic heterocycles. The maximum atomic E-state index is 3.79. The summed E-state index contributed by atoms with van der Waals surface area (Å²) in [6, 6.07) is 0. The molecular weight excluding hydrogens is 220 g/mol. The summed E-state index contributed by atoms with van der Waals surface area (Å²) in [6.45, 7) is 2.46. The highest BCUT2D eigenvalue weighted by Gasteiger charge is 2.38. The number of likely N-dealkylation sites (N-methyl/N-ethyl adjacent to an activating group) is 1. The van der Waals surface area contributed by atoms with Crippen LogP contribution in [0.4, 0.5) is 0 Å². The molecule has 18 heavy (non-hydrogen) atoms. The van der Waals surface area contributed by atoms with E-state index in [0.29, 0.717) is 5.54 Å². The molecule has 0 saturated heterocycles. The quantitative estimate of drug-likeness (QED) is 0.806. The molecule has 0 unspecified atom stereocenters. The summed E-state index contributed by atoms with van der Waals surface area (Å²) in [6.07, 6.45) is 14.5. The van der Waals surface area contributed by atoms with Crippen LogP contribution < -0.4 is 5.32 Å². The summed E-state index contributed by atoms with van der Waals surface area (Å²) in [5.74, 6) is 0.949. The monoisotopic (exact) mass is 252 g/mol. The molecule has 0 amide bonds. The first-order valence-electron chi connectivity index (χ1n) is 8.11. The zero-order valence-corrected chi connectivity index (χ0v) is 12.5. The van der Waals surface area contributed by atoms with E-state index in [1.54, 1.807) is 0 Å². The van der Waals surface area contributed by atoms with Crippen LogP contribution >= 0.6 is 0 Å². The maximum Gasteiger partial charge on any atom is 0.0327 e. The van der Waals surface area contributed by atoms with Crippen molar-refractivity contribution < 1.29 is 0 Å². The second-order valence-electron chi connectivity index (χ2n) is 6.81. The Labute approximate surface area is 114 Å². The average molecular weight is 252 g/mol. The van der Waals surface area contributed by atoms with Crippen molar-refractivity contribution in [1.82, 2.24) is 10.2 Å². The van der Waals surface area contributed by atoms with E-state index in [2.05, 4.69) is 24.3 Å². The molecule has 2 fully saturated rings. The Hall–Kier alpha value is -0.0800. The van der Waals surface area contributed by atoms with Crippen LogP contribution in [0.25, 0.3) is 0 Å². The molecule has 0 heterocycles. The number of nitrogens with one attached hydrogen (secondary N) is 1. The number of hydrogen-bond acceptors (Lipinski definition) is 2. The van der Waals surface area contributed by atoms with Crippen molar-refractivity contribution in [3.63, 3.8) is 0 Å². The molecule has 0 aromatic rings. The second-order valence-corrected chi connectivity index (χ2v) is 6.81. The molecule has 0 bridgehead atoms. The lowest BCUT2D eigenvalue weighted by Gasteiger charge is -2.47. The van der Waals surface area contributed by atoms with Gasteiger partial charge in [-0.1, -0.05) is 32.1 Å². The lowest BCUT2D eigenvalue weighted by Crippen LogP contribution is -2.56. The Morgan fingerprint density at radius 3 is 2.06 bits per heavy atom. The van der Waals surface area contributed by atoms with E-state index < -0.39 is 0 Å². The van der Waals surface area contributed by atoms with Gasteiger partial charge in [0.25, 0.3) is 0 Å². The summed E-state index contributed by atoms with van der Waals surface area (Å²) in [4.78, 5) is 2.45. The van der Waals surface area contributed by atoms with Crippen molar-refractivity contribution in [3.8, 4) is 0 Å². The van der Waals surface area contributed by atoms with Crippen LogP contribution in [0, 0.1) is 5.92 Å².